The van der Waals surface area contributed by atoms with E-state index in [1.54, 1.807) is 7.11 Å². The van der Waals surface area contributed by atoms with E-state index in [1.807, 2.05) is 6.92 Å². The number of methoxy groups -OCH3 is 2. The van der Waals surface area contributed by atoms with E-state index in [1.165, 1.54) is 31.5 Å². The molecule has 1 saturated heterocycles. The Hall–Kier alpha value is -3.11. The molecule has 10 heteroatoms. The molecule has 3 atom stereocenters. The van der Waals surface area contributed by atoms with Gasteiger partial charge in [-0.1, -0.05) is 6.07 Å². The minimum absolute atomic E-state index is 0.0149. The number of halogens is 2. The average molecular weight is 449 g/mol. The minimum atomic E-state index is -1.13. The van der Waals surface area contributed by atoms with Crippen molar-refractivity contribution in [3.63, 3.8) is 0 Å². The molecule has 172 valence electrons. The second-order valence-electron chi connectivity index (χ2n) is 7.81. The number of nitrogens with zero attached hydrogens (tertiary/aromatic N) is 1. The lowest BCUT2D eigenvalue weighted by atomic mass is 9.85. The number of amides is 2. The van der Waals surface area contributed by atoms with Crippen LogP contribution in [0.15, 0.2) is 30.5 Å². The molecule has 0 bridgehead atoms. The molecule has 0 spiro atoms. The first kappa shape index (κ1) is 23.6. The van der Waals surface area contributed by atoms with Crippen molar-refractivity contribution < 1.29 is 32.6 Å². The van der Waals surface area contributed by atoms with Crippen LogP contribution >= 0.6 is 0 Å². The predicted molar refractivity (Wildman–Crippen MR) is 111 cm³/mol. The highest BCUT2D eigenvalue weighted by atomic mass is 19.2. The average Bonchev–Trinajstić information content (AvgIpc) is 3.12. The SMILES string of the molecule is COCC[C@]1(C)C[C@@H](c2ccc(F)c(F)c2OC)[C@H](C(=O)Nc2ccnc(C(N)=O)c2)O1. The first-order valence-corrected chi connectivity index (χ1v) is 9.94. The standard InChI is InChI=1S/C22H25F2N3O5/c1-22(7-9-30-2)11-14(13-4-5-15(23)17(24)18(13)31-3)19(32-22)21(29)27-12-6-8-26-16(10-12)20(25)28/h4-6,8,10,14,19H,7,9,11H2,1-3H3,(H2,25,28)(H,26,27,29)/t14-,19+,22+/m0/s1. The highest BCUT2D eigenvalue weighted by molar-refractivity contribution is 5.97. The number of pyridine rings is 1. The maximum atomic E-state index is 14.4. The van der Waals surface area contributed by atoms with Crippen LogP contribution in [0.25, 0.3) is 0 Å². The Balaban J connectivity index is 1.95. The lowest BCUT2D eigenvalue weighted by Crippen LogP contribution is -2.34. The molecule has 1 aromatic carbocycles. The summed E-state index contributed by atoms with van der Waals surface area (Å²) in [5.41, 5.74) is 5.09. The van der Waals surface area contributed by atoms with E-state index in [9.17, 15) is 18.4 Å². The summed E-state index contributed by atoms with van der Waals surface area (Å²) < 4.78 is 44.6. The number of primary amides is 1. The van der Waals surface area contributed by atoms with Crippen LogP contribution in [0.2, 0.25) is 0 Å². The number of benzene rings is 1. The lowest BCUT2D eigenvalue weighted by molar-refractivity contribution is -0.132. The van der Waals surface area contributed by atoms with Crippen LogP contribution in [-0.4, -0.2) is 49.3 Å². The Morgan fingerprint density at radius 2 is 2.06 bits per heavy atom. The van der Waals surface area contributed by atoms with Gasteiger partial charge < -0.3 is 25.3 Å². The fourth-order valence-electron chi connectivity index (χ4n) is 3.90. The summed E-state index contributed by atoms with van der Waals surface area (Å²) in [4.78, 5) is 28.4. The molecule has 2 amide bonds. The van der Waals surface area contributed by atoms with Crippen LogP contribution in [-0.2, 0) is 14.3 Å². The van der Waals surface area contributed by atoms with Crippen LogP contribution in [0.5, 0.6) is 5.75 Å². The Morgan fingerprint density at radius 3 is 2.72 bits per heavy atom. The van der Waals surface area contributed by atoms with Gasteiger partial charge >= 0.3 is 0 Å². The Morgan fingerprint density at radius 1 is 1.31 bits per heavy atom. The highest BCUT2D eigenvalue weighted by Crippen LogP contribution is 2.46. The van der Waals surface area contributed by atoms with Crippen LogP contribution in [0, 0.1) is 11.6 Å². The van der Waals surface area contributed by atoms with E-state index in [2.05, 4.69) is 10.3 Å². The third-order valence-electron chi connectivity index (χ3n) is 5.49. The number of anilines is 1. The molecule has 2 aromatic rings. The zero-order valence-corrected chi connectivity index (χ0v) is 18.0. The van der Waals surface area contributed by atoms with Gasteiger partial charge in [0.2, 0.25) is 5.82 Å². The van der Waals surface area contributed by atoms with Crippen molar-refractivity contribution >= 4 is 17.5 Å². The van der Waals surface area contributed by atoms with E-state index >= 15 is 0 Å². The monoisotopic (exact) mass is 449 g/mol. The van der Waals surface area contributed by atoms with E-state index < -0.39 is 41.1 Å². The van der Waals surface area contributed by atoms with E-state index in [0.717, 1.165) is 6.07 Å². The van der Waals surface area contributed by atoms with Gasteiger partial charge in [0.1, 0.15) is 11.8 Å². The Labute approximate surface area is 184 Å². The molecule has 8 nitrogen and oxygen atoms in total. The van der Waals surface area contributed by atoms with Crippen molar-refractivity contribution in [2.45, 2.75) is 37.4 Å². The lowest BCUT2D eigenvalue weighted by Gasteiger charge is -2.24. The maximum Gasteiger partial charge on any atom is 0.267 e. The van der Waals surface area contributed by atoms with E-state index in [-0.39, 0.29) is 11.4 Å². The largest absolute Gasteiger partial charge is 0.493 e. The first-order chi connectivity index (χ1) is 15.2. The number of ether oxygens (including phenoxy) is 3. The van der Waals surface area contributed by atoms with Crippen molar-refractivity contribution in [1.82, 2.24) is 4.98 Å². The molecule has 0 saturated carbocycles. The third-order valence-corrected chi connectivity index (χ3v) is 5.49. The molecule has 32 heavy (non-hydrogen) atoms. The number of hydrogen-bond acceptors (Lipinski definition) is 6. The molecule has 0 unspecified atom stereocenters. The van der Waals surface area contributed by atoms with Crippen molar-refractivity contribution in [2.75, 3.05) is 26.1 Å². The fraction of sp³-hybridized carbons (Fsp3) is 0.409. The summed E-state index contributed by atoms with van der Waals surface area (Å²) >= 11 is 0. The van der Waals surface area contributed by atoms with Crippen molar-refractivity contribution in [3.8, 4) is 5.75 Å². The van der Waals surface area contributed by atoms with Crippen LogP contribution in [0.1, 0.15) is 41.7 Å². The van der Waals surface area contributed by atoms with Crippen molar-refractivity contribution in [3.05, 3.63) is 53.4 Å². The van der Waals surface area contributed by atoms with Gasteiger partial charge in [0.25, 0.3) is 11.8 Å². The summed E-state index contributed by atoms with van der Waals surface area (Å²) in [7, 11) is 2.79. The smallest absolute Gasteiger partial charge is 0.267 e. The minimum Gasteiger partial charge on any atom is -0.493 e. The summed E-state index contributed by atoms with van der Waals surface area (Å²) in [6.45, 7) is 2.22. The fourth-order valence-corrected chi connectivity index (χ4v) is 3.90. The molecule has 1 aliphatic rings. The van der Waals surface area contributed by atoms with E-state index in [4.69, 9.17) is 19.9 Å². The van der Waals surface area contributed by atoms with Gasteiger partial charge in [-0.05, 0) is 38.0 Å². The van der Waals surface area contributed by atoms with Gasteiger partial charge in [-0.15, -0.1) is 0 Å². The second-order valence-corrected chi connectivity index (χ2v) is 7.81. The summed E-state index contributed by atoms with van der Waals surface area (Å²) in [5, 5.41) is 2.68. The summed E-state index contributed by atoms with van der Waals surface area (Å²) in [5.74, 6) is -4.34. The summed E-state index contributed by atoms with van der Waals surface area (Å²) in [6, 6.07) is 5.23. The van der Waals surface area contributed by atoms with Crippen LogP contribution in [0.3, 0.4) is 0 Å². The molecule has 0 aliphatic carbocycles. The Kier molecular flexibility index (Phi) is 7.05. The number of hydrogen-bond donors (Lipinski definition) is 2. The molecular formula is C22H25F2N3O5. The number of rotatable bonds is 8. The molecule has 3 N–H and O–H groups in total. The quantitative estimate of drug-likeness (QED) is 0.641. The topological polar surface area (TPSA) is 113 Å². The van der Waals surface area contributed by atoms with Crippen LogP contribution in [0.4, 0.5) is 14.5 Å². The molecular weight excluding hydrogens is 424 g/mol. The normalized spacial score (nSPS) is 22.5. The second kappa shape index (κ2) is 9.58. The third kappa shape index (κ3) is 4.86. The predicted octanol–water partition coefficient (Wildman–Crippen LogP) is 2.77. The van der Waals surface area contributed by atoms with Crippen LogP contribution < -0.4 is 15.8 Å². The van der Waals surface area contributed by atoms with Crippen molar-refractivity contribution in [2.24, 2.45) is 5.73 Å². The molecule has 1 aromatic heterocycles. The molecule has 1 fully saturated rings. The highest BCUT2D eigenvalue weighted by Gasteiger charge is 2.48. The molecule has 0 radical (unpaired) electrons. The Bertz CT molecular complexity index is 1020. The van der Waals surface area contributed by atoms with Gasteiger partial charge in [0, 0.05) is 37.1 Å². The van der Waals surface area contributed by atoms with Gasteiger partial charge in [-0.3, -0.25) is 14.6 Å². The van der Waals surface area contributed by atoms with Gasteiger partial charge in [-0.25, -0.2) is 4.39 Å². The van der Waals surface area contributed by atoms with Crippen molar-refractivity contribution in [1.29, 1.82) is 0 Å². The molecule has 2 heterocycles. The number of carbonyl (C=O) groups is 2. The number of nitrogens with one attached hydrogen (secondary N) is 1. The van der Waals surface area contributed by atoms with E-state index in [0.29, 0.717) is 30.7 Å². The molecule has 1 aliphatic heterocycles. The van der Waals surface area contributed by atoms with Gasteiger partial charge in [0.15, 0.2) is 11.6 Å². The van der Waals surface area contributed by atoms with Gasteiger partial charge in [0.05, 0.1) is 12.7 Å². The maximum absolute atomic E-state index is 14.4. The van der Waals surface area contributed by atoms with Gasteiger partial charge in [-0.2, -0.15) is 4.39 Å². The zero-order valence-electron chi connectivity index (χ0n) is 18.0. The number of aromatic nitrogens is 1. The number of nitrogens with two attached hydrogens (primary N) is 1. The molecule has 3 rings (SSSR count). The zero-order chi connectivity index (χ0) is 23.5. The first-order valence-electron chi connectivity index (χ1n) is 9.94. The number of carbonyl (C=O) groups excluding carboxylic acids is 2. The summed E-state index contributed by atoms with van der Waals surface area (Å²) in [6.07, 6.45) is 1.13.